The lowest BCUT2D eigenvalue weighted by atomic mass is 9.93. The Morgan fingerprint density at radius 2 is 1.93 bits per heavy atom. The molecule has 1 fully saturated rings. The third kappa shape index (κ3) is 4.13. The Hall–Kier alpha value is -3.22. The van der Waals surface area contributed by atoms with Crippen LogP contribution >= 0.6 is 0 Å². The Balaban J connectivity index is 1.44. The third-order valence-electron chi connectivity index (χ3n) is 5.61. The molecule has 3 aromatic rings. The normalized spacial score (nSPS) is 16.8. The molecule has 7 heteroatoms. The summed E-state index contributed by atoms with van der Waals surface area (Å²) in [4.78, 5) is 23.6. The summed E-state index contributed by atoms with van der Waals surface area (Å²) in [6.45, 7) is 5.20. The zero-order valence-corrected chi connectivity index (χ0v) is 16.8. The van der Waals surface area contributed by atoms with Crippen molar-refractivity contribution in [3.8, 4) is 11.1 Å². The second-order valence-electron chi connectivity index (χ2n) is 7.60. The number of aryl methyl sites for hydroxylation is 2. The maximum atomic E-state index is 12.8. The molecule has 1 saturated heterocycles. The summed E-state index contributed by atoms with van der Waals surface area (Å²) >= 11 is 0. The van der Waals surface area contributed by atoms with Gasteiger partial charge < -0.3 is 15.2 Å². The van der Waals surface area contributed by atoms with E-state index in [-0.39, 0.29) is 11.8 Å². The number of likely N-dealkylation sites (tertiary alicyclic amines) is 1. The number of aromatic nitrogens is 3. The number of hydrogen-bond acceptors (Lipinski definition) is 6. The van der Waals surface area contributed by atoms with E-state index in [0.29, 0.717) is 18.8 Å². The molecule has 1 amide bonds. The highest BCUT2D eigenvalue weighted by Gasteiger charge is 2.26. The van der Waals surface area contributed by atoms with E-state index in [2.05, 4.69) is 27.3 Å². The van der Waals surface area contributed by atoms with Gasteiger partial charge in [0.2, 0.25) is 5.91 Å². The number of nitrogens with two attached hydrogens (primary N) is 1. The van der Waals surface area contributed by atoms with Crippen molar-refractivity contribution in [2.45, 2.75) is 39.0 Å². The van der Waals surface area contributed by atoms with Crippen molar-refractivity contribution in [2.24, 2.45) is 0 Å². The van der Waals surface area contributed by atoms with Crippen molar-refractivity contribution in [3.05, 3.63) is 59.4 Å². The first-order valence-corrected chi connectivity index (χ1v) is 9.88. The number of hydrogen-bond donors (Lipinski definition) is 1. The topological polar surface area (TPSA) is 98.1 Å². The van der Waals surface area contributed by atoms with Crippen LogP contribution in [0.15, 0.2) is 41.2 Å². The average Bonchev–Trinajstić information content (AvgIpc) is 3.06. The number of pyridine rings is 2. The second-order valence-corrected chi connectivity index (χ2v) is 7.60. The van der Waals surface area contributed by atoms with E-state index in [4.69, 9.17) is 10.3 Å². The Morgan fingerprint density at radius 3 is 2.55 bits per heavy atom. The quantitative estimate of drug-likeness (QED) is 0.733. The molecular weight excluding hydrogens is 366 g/mol. The van der Waals surface area contributed by atoms with Gasteiger partial charge in [0.1, 0.15) is 11.6 Å². The largest absolute Gasteiger partial charge is 0.384 e. The fourth-order valence-electron chi connectivity index (χ4n) is 3.86. The number of anilines is 1. The highest BCUT2D eigenvalue weighted by Crippen LogP contribution is 2.28. The van der Waals surface area contributed by atoms with Crippen LogP contribution in [-0.4, -0.2) is 39.0 Å². The lowest BCUT2D eigenvalue weighted by molar-refractivity contribution is -0.131. The maximum Gasteiger partial charge on any atom is 0.227 e. The van der Waals surface area contributed by atoms with Crippen LogP contribution in [0, 0.1) is 13.8 Å². The number of amides is 1. The Bertz CT molecular complexity index is 976. The average molecular weight is 391 g/mol. The van der Waals surface area contributed by atoms with Gasteiger partial charge in [0.05, 0.1) is 12.1 Å². The summed E-state index contributed by atoms with van der Waals surface area (Å²) < 4.78 is 5.19. The maximum absolute atomic E-state index is 12.8. The van der Waals surface area contributed by atoms with Gasteiger partial charge in [-0.1, -0.05) is 11.2 Å². The molecule has 3 aromatic heterocycles. The minimum atomic E-state index is 0.119. The summed E-state index contributed by atoms with van der Waals surface area (Å²) in [5.74, 6) is 1.59. The monoisotopic (exact) mass is 391 g/mol. The minimum absolute atomic E-state index is 0.119. The molecule has 7 nitrogen and oxygen atoms in total. The zero-order valence-electron chi connectivity index (χ0n) is 16.8. The van der Waals surface area contributed by atoms with Crippen LogP contribution in [0.2, 0.25) is 0 Å². The fraction of sp³-hybridized carbons (Fsp3) is 0.364. The zero-order chi connectivity index (χ0) is 20.4. The number of nitrogens with zero attached hydrogens (tertiary/aromatic N) is 4. The fourth-order valence-corrected chi connectivity index (χ4v) is 3.86. The molecule has 29 heavy (non-hydrogen) atoms. The van der Waals surface area contributed by atoms with E-state index in [9.17, 15) is 4.79 Å². The van der Waals surface area contributed by atoms with Gasteiger partial charge >= 0.3 is 0 Å². The SMILES string of the molecule is Cc1noc(C)c1CC(=O)N1CCC[C@H](c2ccc(-c3ccc(N)nc3)cn2)C1. The summed E-state index contributed by atoms with van der Waals surface area (Å²) in [6.07, 6.45) is 5.97. The van der Waals surface area contributed by atoms with E-state index < -0.39 is 0 Å². The van der Waals surface area contributed by atoms with Gasteiger partial charge in [0, 0.05) is 53.8 Å². The summed E-state index contributed by atoms with van der Waals surface area (Å²) in [6, 6.07) is 7.83. The first-order valence-electron chi connectivity index (χ1n) is 9.88. The van der Waals surface area contributed by atoms with Crippen molar-refractivity contribution >= 4 is 11.7 Å². The number of carbonyl (C=O) groups excluding carboxylic acids is 1. The van der Waals surface area contributed by atoms with Crippen molar-refractivity contribution in [3.63, 3.8) is 0 Å². The van der Waals surface area contributed by atoms with Crippen LogP contribution in [0.4, 0.5) is 5.82 Å². The van der Waals surface area contributed by atoms with E-state index in [1.165, 1.54) is 0 Å². The van der Waals surface area contributed by atoms with Crippen LogP contribution in [-0.2, 0) is 11.2 Å². The molecule has 1 aliphatic heterocycles. The predicted octanol–water partition coefficient (Wildman–Crippen LogP) is 3.28. The van der Waals surface area contributed by atoms with Gasteiger partial charge in [-0.25, -0.2) is 4.98 Å². The Kier molecular flexibility index (Phi) is 5.29. The lowest BCUT2D eigenvalue weighted by Crippen LogP contribution is -2.40. The predicted molar refractivity (Wildman–Crippen MR) is 110 cm³/mol. The molecule has 0 aromatic carbocycles. The van der Waals surface area contributed by atoms with Gasteiger partial charge in [-0.15, -0.1) is 0 Å². The molecule has 1 aliphatic rings. The second kappa shape index (κ2) is 8.03. The van der Waals surface area contributed by atoms with Crippen molar-refractivity contribution < 1.29 is 9.32 Å². The third-order valence-corrected chi connectivity index (χ3v) is 5.61. The lowest BCUT2D eigenvalue weighted by Gasteiger charge is -2.32. The molecule has 0 saturated carbocycles. The summed E-state index contributed by atoms with van der Waals surface area (Å²) in [5, 5.41) is 3.95. The first kappa shape index (κ1) is 19.1. The van der Waals surface area contributed by atoms with Crippen molar-refractivity contribution in [1.29, 1.82) is 0 Å². The highest BCUT2D eigenvalue weighted by molar-refractivity contribution is 5.79. The molecule has 0 bridgehead atoms. The first-order chi connectivity index (χ1) is 14.0. The minimum Gasteiger partial charge on any atom is -0.384 e. The van der Waals surface area contributed by atoms with Crippen LogP contribution in [0.5, 0.6) is 0 Å². The van der Waals surface area contributed by atoms with Gasteiger partial charge in [0.25, 0.3) is 0 Å². The van der Waals surface area contributed by atoms with Gasteiger partial charge in [-0.05, 0) is 44.9 Å². The molecule has 0 radical (unpaired) electrons. The molecule has 0 unspecified atom stereocenters. The van der Waals surface area contributed by atoms with Crippen molar-refractivity contribution in [1.82, 2.24) is 20.0 Å². The molecule has 150 valence electrons. The molecular formula is C22H25N5O2. The van der Waals surface area contributed by atoms with E-state index >= 15 is 0 Å². The van der Waals surface area contributed by atoms with Gasteiger partial charge in [-0.3, -0.25) is 9.78 Å². The number of carbonyl (C=O) groups is 1. The smallest absolute Gasteiger partial charge is 0.227 e. The molecule has 1 atom stereocenters. The van der Waals surface area contributed by atoms with Crippen LogP contribution in [0.25, 0.3) is 11.1 Å². The standard InChI is InChI=1S/C22H25N5O2/c1-14-19(15(2)29-26-14)10-22(28)27-9-3-4-18(13-27)20-7-5-16(11-24-20)17-6-8-21(23)25-12-17/h5-8,11-12,18H,3-4,9-10,13H2,1-2H3,(H2,23,25)/t18-/m0/s1. The molecule has 4 heterocycles. The van der Waals surface area contributed by atoms with Crippen LogP contribution in [0.1, 0.15) is 41.5 Å². The molecule has 0 spiro atoms. The molecule has 0 aliphatic carbocycles. The molecule has 4 rings (SSSR count). The van der Waals surface area contributed by atoms with E-state index in [1.54, 1.807) is 12.3 Å². The number of piperidine rings is 1. The van der Waals surface area contributed by atoms with Crippen molar-refractivity contribution in [2.75, 3.05) is 18.8 Å². The number of nitrogen functional groups attached to an aromatic ring is 1. The van der Waals surface area contributed by atoms with E-state index in [0.717, 1.165) is 53.2 Å². The van der Waals surface area contributed by atoms with Crippen LogP contribution in [0.3, 0.4) is 0 Å². The Labute approximate surface area is 169 Å². The molecule has 2 N–H and O–H groups in total. The van der Waals surface area contributed by atoms with Gasteiger partial charge in [0.15, 0.2) is 0 Å². The highest BCUT2D eigenvalue weighted by atomic mass is 16.5. The number of rotatable bonds is 4. The van der Waals surface area contributed by atoms with Crippen LogP contribution < -0.4 is 5.73 Å². The summed E-state index contributed by atoms with van der Waals surface area (Å²) in [7, 11) is 0. The summed E-state index contributed by atoms with van der Waals surface area (Å²) in [5.41, 5.74) is 10.4. The van der Waals surface area contributed by atoms with E-state index in [1.807, 2.05) is 31.0 Å². The Morgan fingerprint density at radius 1 is 1.17 bits per heavy atom. The van der Waals surface area contributed by atoms with Gasteiger partial charge in [-0.2, -0.15) is 0 Å².